The lowest BCUT2D eigenvalue weighted by atomic mass is 10.0. The molecule has 2 atom stereocenters. The van der Waals surface area contributed by atoms with Gasteiger partial charge in [0.1, 0.15) is 35.6 Å². The minimum atomic E-state index is -1.25. The summed E-state index contributed by atoms with van der Waals surface area (Å²) in [6.07, 6.45) is 1.60. The summed E-state index contributed by atoms with van der Waals surface area (Å²) in [5.41, 5.74) is 6.60. The first-order chi connectivity index (χ1) is 18.4. The van der Waals surface area contributed by atoms with Gasteiger partial charge in [-0.1, -0.05) is 23.0 Å². The number of amides is 2. The number of β-lactam (4-membered cyclic amide) rings is 1. The molecule has 17 heteroatoms. The molecule has 1 saturated heterocycles. The van der Waals surface area contributed by atoms with Crippen LogP contribution in [0.2, 0.25) is 0 Å². The zero-order valence-corrected chi connectivity index (χ0v) is 21.9. The Hall–Kier alpha value is -3.96. The van der Waals surface area contributed by atoms with Gasteiger partial charge in [0, 0.05) is 23.1 Å². The molecule has 0 aliphatic carbocycles. The second-order valence-corrected chi connectivity index (χ2v) is 10.6. The van der Waals surface area contributed by atoms with Crippen molar-refractivity contribution >= 4 is 63.5 Å². The molecule has 2 aliphatic rings. The van der Waals surface area contributed by atoms with Crippen molar-refractivity contribution < 1.29 is 28.7 Å². The third kappa shape index (κ3) is 4.94. The van der Waals surface area contributed by atoms with Gasteiger partial charge in [0.05, 0.1) is 0 Å². The van der Waals surface area contributed by atoms with Crippen LogP contribution in [0.25, 0.3) is 11.6 Å². The molecule has 2 amide bonds. The molecule has 5 rings (SSSR count). The van der Waals surface area contributed by atoms with Crippen molar-refractivity contribution in [3.63, 3.8) is 0 Å². The summed E-state index contributed by atoms with van der Waals surface area (Å²) >= 11 is 3.61. The maximum atomic E-state index is 13.0. The van der Waals surface area contributed by atoms with Gasteiger partial charge in [-0.15, -0.1) is 33.3 Å². The quantitative estimate of drug-likeness (QED) is 0.142. The van der Waals surface area contributed by atoms with Crippen LogP contribution in [0.3, 0.4) is 0 Å². The van der Waals surface area contributed by atoms with Gasteiger partial charge >= 0.3 is 5.97 Å². The van der Waals surface area contributed by atoms with E-state index in [-0.39, 0.29) is 39.1 Å². The highest BCUT2D eigenvalue weighted by atomic mass is 32.2. The normalized spacial score (nSPS) is 19.1. The Labute approximate surface area is 226 Å². The third-order valence-corrected chi connectivity index (χ3v) is 8.28. The number of anilines is 1. The van der Waals surface area contributed by atoms with Crippen molar-refractivity contribution in [2.24, 2.45) is 5.16 Å². The van der Waals surface area contributed by atoms with Crippen LogP contribution in [0.4, 0.5) is 5.13 Å². The van der Waals surface area contributed by atoms with Gasteiger partial charge < -0.3 is 25.4 Å². The smallest absolute Gasteiger partial charge is 0.352 e. The molecule has 14 nitrogen and oxygen atoms in total. The highest BCUT2D eigenvalue weighted by Crippen LogP contribution is 2.41. The highest BCUT2D eigenvalue weighted by Gasteiger charge is 2.54. The molecule has 0 saturated carbocycles. The van der Waals surface area contributed by atoms with Crippen molar-refractivity contribution in [2.75, 3.05) is 24.3 Å². The first kappa shape index (κ1) is 25.7. The number of carboxylic acid groups (broad SMARTS) is 1. The van der Waals surface area contributed by atoms with E-state index in [9.17, 15) is 19.5 Å². The molecular weight excluding hydrogens is 556 g/mol. The number of pyridine rings is 1. The van der Waals surface area contributed by atoms with Crippen LogP contribution in [-0.4, -0.2) is 83.7 Å². The van der Waals surface area contributed by atoms with Crippen molar-refractivity contribution in [1.82, 2.24) is 30.4 Å². The number of thioether (sulfide) groups is 2. The molecule has 2 aliphatic heterocycles. The van der Waals surface area contributed by atoms with Gasteiger partial charge in [0.25, 0.3) is 22.9 Å². The van der Waals surface area contributed by atoms with E-state index in [4.69, 9.17) is 15.0 Å². The molecule has 1 fully saturated rings. The van der Waals surface area contributed by atoms with Crippen LogP contribution in [0, 0.1) is 0 Å². The first-order valence-electron chi connectivity index (χ1n) is 10.8. The zero-order chi connectivity index (χ0) is 26.8. The van der Waals surface area contributed by atoms with E-state index in [2.05, 4.69) is 30.6 Å². The standard InChI is InChI=1S/C21H18N8O6S3/c1-34-28-12(11-8-37-20(22)24-11)15(30)25-13-17(31)29-14(19(32)33)9(6-36-18(13)29)7-38-21-27-26-16(35-21)10-4-2-3-5-23-10/h2-5,8,13,18H,6-7H2,1H3,(H2,22,24)(H,25,30)(H,32,33)/b28-12-/t13-,18-/m1/s1. The maximum absolute atomic E-state index is 13.0. The molecule has 3 aromatic rings. The van der Waals surface area contributed by atoms with E-state index in [0.29, 0.717) is 17.0 Å². The van der Waals surface area contributed by atoms with Crippen molar-refractivity contribution in [1.29, 1.82) is 0 Å². The average molecular weight is 575 g/mol. The van der Waals surface area contributed by atoms with Crippen LogP contribution in [0.1, 0.15) is 5.69 Å². The van der Waals surface area contributed by atoms with Gasteiger partial charge in [-0.25, -0.2) is 9.78 Å². The van der Waals surface area contributed by atoms with Crippen LogP contribution in [0.15, 0.2) is 55.8 Å². The minimum absolute atomic E-state index is 0.126. The number of nitrogens with zero attached hydrogens (tertiary/aromatic N) is 6. The van der Waals surface area contributed by atoms with Crippen molar-refractivity contribution in [2.45, 2.75) is 16.6 Å². The third-order valence-electron chi connectivity index (χ3n) is 5.36. The van der Waals surface area contributed by atoms with Crippen molar-refractivity contribution in [3.8, 4) is 11.6 Å². The van der Waals surface area contributed by atoms with Crippen LogP contribution >= 0.6 is 34.9 Å². The second kappa shape index (κ2) is 10.8. The Morgan fingerprint density at radius 1 is 1.39 bits per heavy atom. The number of oxime groups is 1. The Kier molecular flexibility index (Phi) is 7.30. The van der Waals surface area contributed by atoms with Crippen molar-refractivity contribution in [3.05, 3.63) is 46.7 Å². The molecule has 0 bridgehead atoms. The monoisotopic (exact) mass is 574 g/mol. The number of nitrogen functional groups attached to an aromatic ring is 1. The fourth-order valence-corrected chi connectivity index (χ4v) is 6.50. The summed E-state index contributed by atoms with van der Waals surface area (Å²) in [5, 5.41) is 25.6. The topological polar surface area (TPSA) is 199 Å². The predicted octanol–water partition coefficient (Wildman–Crippen LogP) is 1.05. The number of nitrogens with one attached hydrogen (secondary N) is 1. The number of carbonyl (C=O) groups excluding carboxylic acids is 2. The molecular formula is C21H18N8O6S3. The average Bonchev–Trinajstić information content (AvgIpc) is 3.58. The maximum Gasteiger partial charge on any atom is 0.352 e. The fourth-order valence-electron chi connectivity index (χ4n) is 3.71. The molecule has 4 N–H and O–H groups in total. The van der Waals surface area contributed by atoms with E-state index < -0.39 is 29.2 Å². The molecule has 196 valence electrons. The number of carbonyl (C=O) groups is 3. The Morgan fingerprint density at radius 3 is 2.92 bits per heavy atom. The first-order valence-corrected chi connectivity index (χ1v) is 13.7. The number of carboxylic acids is 1. The van der Waals surface area contributed by atoms with E-state index in [1.165, 1.54) is 29.2 Å². The molecule has 0 radical (unpaired) electrons. The summed E-state index contributed by atoms with van der Waals surface area (Å²) in [6.45, 7) is 0. The largest absolute Gasteiger partial charge is 0.477 e. The number of hydrogen-bond acceptors (Lipinski definition) is 14. The van der Waals surface area contributed by atoms with E-state index >= 15 is 0 Å². The molecule has 3 aromatic heterocycles. The second-order valence-electron chi connectivity index (χ2n) is 7.69. The lowest BCUT2D eigenvalue weighted by molar-refractivity contribution is -0.150. The predicted molar refractivity (Wildman–Crippen MR) is 138 cm³/mol. The summed E-state index contributed by atoms with van der Waals surface area (Å²) in [6, 6.07) is 4.33. The van der Waals surface area contributed by atoms with Gasteiger partial charge in [-0.05, 0) is 17.7 Å². The lowest BCUT2D eigenvalue weighted by Gasteiger charge is -2.49. The highest BCUT2D eigenvalue weighted by molar-refractivity contribution is 8.01. The molecule has 38 heavy (non-hydrogen) atoms. The Balaban J connectivity index is 1.28. The van der Waals surface area contributed by atoms with Crippen LogP contribution in [0.5, 0.6) is 0 Å². The number of aromatic nitrogens is 4. The Morgan fingerprint density at radius 2 is 2.24 bits per heavy atom. The van der Waals surface area contributed by atoms with E-state index in [0.717, 1.165) is 23.1 Å². The number of nitrogens with two attached hydrogens (primary N) is 1. The number of fused-ring (bicyclic) bond motifs is 1. The lowest BCUT2D eigenvalue weighted by Crippen LogP contribution is -2.71. The van der Waals surface area contributed by atoms with Crippen LogP contribution < -0.4 is 11.1 Å². The number of hydrogen-bond donors (Lipinski definition) is 3. The van der Waals surface area contributed by atoms with Gasteiger partial charge in [0.2, 0.25) is 0 Å². The van der Waals surface area contributed by atoms with E-state index in [1.807, 2.05) is 0 Å². The van der Waals surface area contributed by atoms with Gasteiger partial charge in [-0.3, -0.25) is 19.5 Å². The molecule has 0 spiro atoms. The molecule has 0 unspecified atom stereocenters. The van der Waals surface area contributed by atoms with Gasteiger partial charge in [0.15, 0.2) is 10.8 Å². The van der Waals surface area contributed by atoms with Gasteiger partial charge in [-0.2, -0.15) is 0 Å². The zero-order valence-electron chi connectivity index (χ0n) is 19.4. The van der Waals surface area contributed by atoms with Crippen LogP contribution in [-0.2, 0) is 19.2 Å². The van der Waals surface area contributed by atoms with E-state index in [1.54, 1.807) is 24.4 Å². The molecule has 5 heterocycles. The number of thiazole rings is 1. The summed E-state index contributed by atoms with van der Waals surface area (Å²) < 4.78 is 5.62. The summed E-state index contributed by atoms with van der Waals surface area (Å²) in [5.74, 6) is -1.73. The molecule has 0 aromatic carbocycles. The number of aliphatic carboxylic acids is 1. The number of rotatable bonds is 9. The summed E-state index contributed by atoms with van der Waals surface area (Å²) in [7, 11) is 1.27. The minimum Gasteiger partial charge on any atom is -0.477 e. The fraction of sp³-hybridized carbons (Fsp3) is 0.238. The SMILES string of the molecule is CO/N=C(\C(=O)N[C@@H]1C(=O)N2C(C(=O)O)=C(CSc3nnc(-c4ccccn4)o3)CS[C@H]12)c1csc(N)n1. The summed E-state index contributed by atoms with van der Waals surface area (Å²) in [4.78, 5) is 52.1. The Bertz CT molecular complexity index is 1460.